The van der Waals surface area contributed by atoms with E-state index in [4.69, 9.17) is 12.2 Å². The Morgan fingerprint density at radius 1 is 1.36 bits per heavy atom. The zero-order valence-corrected chi connectivity index (χ0v) is 16.6. The summed E-state index contributed by atoms with van der Waals surface area (Å²) in [6, 6.07) is -0.552. The van der Waals surface area contributed by atoms with Crippen molar-refractivity contribution in [1.82, 2.24) is 20.7 Å². The molecule has 2 rings (SSSR count). The molecule has 7 nitrogen and oxygen atoms in total. The number of amides is 4. The molecular weight excluding hydrogens is 360 g/mol. The molecule has 1 saturated heterocycles. The second-order valence-electron chi connectivity index (χ2n) is 6.60. The topological polar surface area (TPSA) is 81.8 Å². The number of imide groups is 1. The third kappa shape index (κ3) is 4.44. The summed E-state index contributed by atoms with van der Waals surface area (Å²) in [5, 5.41) is 3.61. The van der Waals surface area contributed by atoms with Crippen LogP contribution in [0.3, 0.4) is 0 Å². The van der Waals surface area contributed by atoms with E-state index in [2.05, 4.69) is 17.7 Å². The Kier molecular flexibility index (Phi) is 6.67. The highest BCUT2D eigenvalue weighted by Crippen LogP contribution is 2.35. The lowest BCUT2D eigenvalue weighted by Crippen LogP contribution is -2.51. The van der Waals surface area contributed by atoms with Gasteiger partial charge in [-0.25, -0.2) is 4.79 Å². The molecule has 0 unspecified atom stereocenters. The van der Waals surface area contributed by atoms with Gasteiger partial charge in [-0.15, -0.1) is 0 Å². The molecule has 25 heavy (non-hydrogen) atoms. The van der Waals surface area contributed by atoms with Gasteiger partial charge in [0.1, 0.15) is 9.86 Å². The van der Waals surface area contributed by atoms with E-state index in [0.717, 1.165) is 30.9 Å². The Bertz CT molecular complexity index is 558. The van der Waals surface area contributed by atoms with Gasteiger partial charge in [-0.05, 0) is 45.4 Å². The Morgan fingerprint density at radius 3 is 2.52 bits per heavy atom. The number of thioether (sulfide) groups is 1. The van der Waals surface area contributed by atoms with Crippen LogP contribution in [-0.4, -0.2) is 56.5 Å². The smallest absolute Gasteiger partial charge is 0.344 e. The maximum absolute atomic E-state index is 12.7. The first-order chi connectivity index (χ1) is 11.8. The molecule has 0 atom stereocenters. The predicted octanol–water partition coefficient (Wildman–Crippen LogP) is 1.88. The van der Waals surface area contributed by atoms with E-state index in [1.807, 2.05) is 18.7 Å². The first-order valence-electron chi connectivity index (χ1n) is 8.70. The van der Waals surface area contributed by atoms with Crippen LogP contribution in [0.2, 0.25) is 0 Å². The summed E-state index contributed by atoms with van der Waals surface area (Å²) >= 11 is 6.51. The van der Waals surface area contributed by atoms with Crippen molar-refractivity contribution in [2.24, 2.45) is 5.92 Å². The molecular formula is C16H26N4O3S2. The van der Waals surface area contributed by atoms with Crippen molar-refractivity contribution in [3.63, 3.8) is 0 Å². The summed E-state index contributed by atoms with van der Waals surface area (Å²) in [6.07, 6.45) is 3.02. The van der Waals surface area contributed by atoms with Crippen LogP contribution in [0.25, 0.3) is 0 Å². The Hall–Kier alpha value is -1.35. The third-order valence-corrected chi connectivity index (χ3v) is 6.40. The van der Waals surface area contributed by atoms with Gasteiger partial charge in [0.2, 0.25) is 5.91 Å². The number of hydrogen-bond acceptors (Lipinski definition) is 5. The molecule has 0 bridgehead atoms. The highest BCUT2D eigenvalue weighted by Gasteiger charge is 2.52. The number of rotatable bonds is 5. The van der Waals surface area contributed by atoms with Gasteiger partial charge in [0, 0.05) is 13.1 Å². The third-order valence-electron chi connectivity index (χ3n) is 4.87. The summed E-state index contributed by atoms with van der Waals surface area (Å²) in [4.78, 5) is 38.9. The van der Waals surface area contributed by atoms with Crippen molar-refractivity contribution in [3.8, 4) is 0 Å². The van der Waals surface area contributed by atoms with Crippen LogP contribution in [0.1, 0.15) is 46.5 Å². The zero-order chi connectivity index (χ0) is 18.6. The second kappa shape index (κ2) is 8.35. The highest BCUT2D eigenvalue weighted by atomic mass is 32.2. The minimum Gasteiger partial charge on any atom is -0.358 e. The number of nitrogens with one attached hydrogen (secondary N) is 2. The zero-order valence-electron chi connectivity index (χ0n) is 15.0. The van der Waals surface area contributed by atoms with Crippen molar-refractivity contribution < 1.29 is 14.4 Å². The minimum atomic E-state index is -0.847. The number of urea groups is 1. The summed E-state index contributed by atoms with van der Waals surface area (Å²) in [5.74, 6) is -0.147. The average Bonchev–Trinajstić information content (AvgIpc) is 2.81. The van der Waals surface area contributed by atoms with Gasteiger partial charge < -0.3 is 10.2 Å². The van der Waals surface area contributed by atoms with Gasteiger partial charge in [0.25, 0.3) is 5.91 Å². The Morgan fingerprint density at radius 2 is 1.96 bits per heavy atom. The van der Waals surface area contributed by atoms with Crippen molar-refractivity contribution in [2.45, 2.75) is 52.0 Å². The molecule has 2 N–H and O–H groups in total. The molecule has 0 aromatic carbocycles. The molecule has 0 aromatic rings. The highest BCUT2D eigenvalue weighted by molar-refractivity contribution is 8.23. The Labute approximate surface area is 158 Å². The molecule has 140 valence electrons. The van der Waals surface area contributed by atoms with E-state index < -0.39 is 17.5 Å². The maximum Gasteiger partial charge on any atom is 0.344 e. The number of hydrogen-bond donors (Lipinski definition) is 2. The van der Waals surface area contributed by atoms with Crippen LogP contribution in [0.5, 0.6) is 0 Å². The largest absolute Gasteiger partial charge is 0.358 e. The Balaban J connectivity index is 1.89. The van der Waals surface area contributed by atoms with Crippen molar-refractivity contribution in [3.05, 3.63) is 0 Å². The van der Waals surface area contributed by atoms with Gasteiger partial charge in [0.05, 0.1) is 5.75 Å². The van der Waals surface area contributed by atoms with Crippen molar-refractivity contribution >= 4 is 46.1 Å². The van der Waals surface area contributed by atoms with Crippen LogP contribution in [0.4, 0.5) is 4.79 Å². The molecule has 2 fully saturated rings. The lowest BCUT2D eigenvalue weighted by atomic mass is 9.77. The summed E-state index contributed by atoms with van der Waals surface area (Å²) in [5.41, 5.74) is 1.58. The van der Waals surface area contributed by atoms with E-state index >= 15 is 0 Å². The van der Waals surface area contributed by atoms with E-state index in [-0.39, 0.29) is 11.7 Å². The number of carbonyl (C=O) groups excluding carboxylic acids is 3. The van der Waals surface area contributed by atoms with Crippen LogP contribution in [0, 0.1) is 5.92 Å². The SMILES string of the molecule is CCN(CC)C(=S)SCC(=O)NN1C(=O)NC2(CCC(C)CC2)C1=O. The van der Waals surface area contributed by atoms with Crippen molar-refractivity contribution in [1.29, 1.82) is 0 Å². The number of thiocarbonyl (C=S) groups is 1. The van der Waals surface area contributed by atoms with E-state index in [1.54, 1.807) is 0 Å². The molecule has 1 aliphatic carbocycles. The molecule has 2 aliphatic rings. The standard InChI is InChI=1S/C16H26N4O3S2/c1-4-19(5-2)15(24)25-10-12(21)18-20-13(22)16(17-14(20)23)8-6-11(3)7-9-16/h11H,4-10H2,1-3H3,(H,17,23)(H,18,21). The fraction of sp³-hybridized carbons (Fsp3) is 0.750. The molecule has 9 heteroatoms. The van der Waals surface area contributed by atoms with Gasteiger partial charge in [0.15, 0.2) is 0 Å². The summed E-state index contributed by atoms with van der Waals surface area (Å²) in [7, 11) is 0. The fourth-order valence-corrected chi connectivity index (χ4v) is 4.37. The monoisotopic (exact) mass is 386 g/mol. The lowest BCUT2D eigenvalue weighted by molar-refractivity contribution is -0.139. The molecule has 0 aromatic heterocycles. The summed E-state index contributed by atoms with van der Waals surface area (Å²) < 4.78 is 0.634. The minimum absolute atomic E-state index is 0.0659. The molecule has 1 spiro atoms. The molecule has 1 aliphatic heterocycles. The molecule has 0 radical (unpaired) electrons. The number of nitrogens with zero attached hydrogens (tertiary/aromatic N) is 2. The van der Waals surface area contributed by atoms with Crippen LogP contribution >= 0.6 is 24.0 Å². The van der Waals surface area contributed by atoms with E-state index in [1.165, 1.54) is 11.8 Å². The van der Waals surface area contributed by atoms with Crippen LogP contribution in [-0.2, 0) is 9.59 Å². The quantitative estimate of drug-likeness (QED) is 0.555. The van der Waals surface area contributed by atoms with E-state index in [0.29, 0.717) is 23.1 Å². The van der Waals surface area contributed by atoms with E-state index in [9.17, 15) is 14.4 Å². The number of hydrazine groups is 1. The van der Waals surface area contributed by atoms with Gasteiger partial charge >= 0.3 is 6.03 Å². The van der Waals surface area contributed by atoms with Gasteiger partial charge in [-0.3, -0.25) is 15.0 Å². The molecule has 4 amide bonds. The van der Waals surface area contributed by atoms with Crippen molar-refractivity contribution in [2.75, 3.05) is 18.8 Å². The normalized spacial score (nSPS) is 25.9. The lowest BCUT2D eigenvalue weighted by Gasteiger charge is -2.33. The predicted molar refractivity (Wildman–Crippen MR) is 102 cm³/mol. The van der Waals surface area contributed by atoms with Crippen LogP contribution in [0.15, 0.2) is 0 Å². The van der Waals surface area contributed by atoms with Crippen LogP contribution < -0.4 is 10.7 Å². The first-order valence-corrected chi connectivity index (χ1v) is 10.1. The average molecular weight is 387 g/mol. The van der Waals surface area contributed by atoms with Gasteiger partial charge in [-0.2, -0.15) is 5.01 Å². The second-order valence-corrected chi connectivity index (χ2v) is 8.21. The summed E-state index contributed by atoms with van der Waals surface area (Å²) in [6.45, 7) is 7.68. The van der Waals surface area contributed by atoms with Gasteiger partial charge in [-0.1, -0.05) is 30.9 Å². The number of carbonyl (C=O) groups is 3. The molecule has 1 heterocycles. The fourth-order valence-electron chi connectivity index (χ4n) is 3.17. The molecule has 1 saturated carbocycles. The maximum atomic E-state index is 12.7. The first kappa shape index (κ1) is 20.0.